The third kappa shape index (κ3) is 28.3. The number of ether oxygens (including phenoxy) is 4. The number of hydrogen-bond donors (Lipinski definition) is 9. The molecule has 0 spiro atoms. The van der Waals surface area contributed by atoms with Crippen LogP contribution in [-0.4, -0.2) is 140 Å². The van der Waals surface area contributed by atoms with Crippen molar-refractivity contribution in [3.05, 3.63) is 0 Å². The molecule has 2 aliphatic rings. The minimum absolute atomic E-state index is 0.202. The second kappa shape index (κ2) is 41.5. The number of carbonyl (C=O) groups is 1. The Morgan fingerprint density at radius 2 is 0.794 bits per heavy atom. The Hall–Kier alpha value is -1.01. The summed E-state index contributed by atoms with van der Waals surface area (Å²) in [6.07, 6.45) is 27.0. The minimum atomic E-state index is -1.72. The Morgan fingerprint density at radius 3 is 1.19 bits per heavy atom. The molecule has 404 valence electrons. The Kier molecular flexibility index (Phi) is 38.5. The van der Waals surface area contributed by atoms with Gasteiger partial charge in [-0.2, -0.15) is 0 Å². The predicted molar refractivity (Wildman–Crippen MR) is 268 cm³/mol. The molecule has 0 aromatic rings. The fourth-order valence-corrected chi connectivity index (χ4v) is 9.60. The summed E-state index contributed by atoms with van der Waals surface area (Å²) in [5.41, 5.74) is 0. The van der Waals surface area contributed by atoms with Crippen molar-refractivity contribution in [2.45, 2.75) is 319 Å². The lowest BCUT2D eigenvalue weighted by molar-refractivity contribution is -0.331. The van der Waals surface area contributed by atoms with Gasteiger partial charge in [0.05, 0.1) is 32.0 Å². The van der Waals surface area contributed by atoms with E-state index in [9.17, 15) is 45.6 Å². The van der Waals surface area contributed by atoms with Crippen molar-refractivity contribution in [3.8, 4) is 0 Å². The first kappa shape index (κ1) is 63.1. The highest BCUT2D eigenvalue weighted by atomic mass is 16.7. The first-order valence-corrected chi connectivity index (χ1v) is 28.3. The number of aliphatic hydroxyl groups is 8. The molecule has 0 aliphatic carbocycles. The molecule has 0 saturated carbocycles. The standard InChI is InChI=1S/C54H105NO13/c1-3-5-7-9-11-13-15-17-18-19-20-21-22-23-24-26-28-30-32-34-36-38-46(58)55-42(43(57)37-35-33-31-29-27-25-16-14-12-10-8-6-4-2)40-65-53-52(64)50(62)48(60)45(68-53)41-66-54-51(63)49(61)47(59)44(39-56)67-54/h42-45,47-54,56-57,59-64H,3-41H2,1-2H3,(H,55,58)/t42-,43+,44+,45+,47-,48-,49-,50-,51+,52+,53-,54+/m0/s1. The van der Waals surface area contributed by atoms with E-state index in [1.807, 2.05) is 0 Å². The summed E-state index contributed by atoms with van der Waals surface area (Å²) in [4.78, 5) is 13.2. The lowest BCUT2D eigenvalue weighted by atomic mass is 9.98. The Bertz CT molecular complexity index is 1150. The van der Waals surface area contributed by atoms with Crippen LogP contribution in [0.3, 0.4) is 0 Å². The van der Waals surface area contributed by atoms with Crippen LogP contribution < -0.4 is 5.32 Å². The maximum absolute atomic E-state index is 13.2. The number of rotatable bonds is 45. The van der Waals surface area contributed by atoms with Gasteiger partial charge in [0.15, 0.2) is 12.6 Å². The maximum atomic E-state index is 13.2. The largest absolute Gasteiger partial charge is 0.394 e. The van der Waals surface area contributed by atoms with Crippen LogP contribution >= 0.6 is 0 Å². The first-order chi connectivity index (χ1) is 33.0. The summed E-state index contributed by atoms with van der Waals surface area (Å²) in [7, 11) is 0. The molecule has 2 rings (SSSR count). The third-order valence-corrected chi connectivity index (χ3v) is 14.3. The van der Waals surface area contributed by atoms with Gasteiger partial charge < -0.3 is 65.1 Å². The molecule has 1 amide bonds. The van der Waals surface area contributed by atoms with Crippen molar-refractivity contribution in [1.29, 1.82) is 0 Å². The topological polar surface area (TPSA) is 228 Å². The van der Waals surface area contributed by atoms with Crippen LogP contribution in [0.4, 0.5) is 0 Å². The summed E-state index contributed by atoms with van der Waals surface area (Å²) < 4.78 is 22.6. The Morgan fingerprint density at radius 1 is 0.456 bits per heavy atom. The predicted octanol–water partition coefficient (Wildman–Crippen LogP) is 8.56. The molecule has 0 unspecified atom stereocenters. The maximum Gasteiger partial charge on any atom is 0.220 e. The molecule has 2 heterocycles. The quantitative estimate of drug-likeness (QED) is 0.0261. The van der Waals surface area contributed by atoms with Gasteiger partial charge in [0.2, 0.25) is 5.91 Å². The van der Waals surface area contributed by atoms with Gasteiger partial charge >= 0.3 is 0 Å². The van der Waals surface area contributed by atoms with Crippen molar-refractivity contribution in [2.75, 3.05) is 19.8 Å². The fourth-order valence-electron chi connectivity index (χ4n) is 9.60. The Balaban J connectivity index is 1.74. The van der Waals surface area contributed by atoms with Gasteiger partial charge in [0.1, 0.15) is 48.8 Å². The zero-order chi connectivity index (χ0) is 49.6. The van der Waals surface area contributed by atoms with Gasteiger partial charge in [-0.15, -0.1) is 0 Å². The van der Waals surface area contributed by atoms with E-state index in [0.717, 1.165) is 51.4 Å². The molecule has 0 bridgehead atoms. The molecular weight excluding hydrogens is 871 g/mol. The number of amides is 1. The molecule has 2 fully saturated rings. The van der Waals surface area contributed by atoms with Crippen molar-refractivity contribution < 1.29 is 64.6 Å². The van der Waals surface area contributed by atoms with Gasteiger partial charge in [-0.05, 0) is 12.8 Å². The number of aliphatic hydroxyl groups excluding tert-OH is 8. The van der Waals surface area contributed by atoms with E-state index in [2.05, 4.69) is 19.2 Å². The van der Waals surface area contributed by atoms with Crippen molar-refractivity contribution in [2.24, 2.45) is 0 Å². The first-order valence-electron chi connectivity index (χ1n) is 28.3. The fraction of sp³-hybridized carbons (Fsp3) is 0.981. The van der Waals surface area contributed by atoms with E-state index in [1.54, 1.807) is 0 Å². The molecule has 14 nitrogen and oxygen atoms in total. The lowest BCUT2D eigenvalue weighted by Crippen LogP contribution is -2.62. The highest BCUT2D eigenvalue weighted by Crippen LogP contribution is 2.27. The second-order valence-electron chi connectivity index (χ2n) is 20.5. The van der Waals surface area contributed by atoms with Crippen molar-refractivity contribution in [3.63, 3.8) is 0 Å². The normalized spacial score (nSPS) is 26.3. The van der Waals surface area contributed by atoms with Crippen LogP contribution in [-0.2, 0) is 23.7 Å². The van der Waals surface area contributed by atoms with Crippen LogP contribution in [0.5, 0.6) is 0 Å². The molecule has 14 heteroatoms. The third-order valence-electron chi connectivity index (χ3n) is 14.3. The van der Waals surface area contributed by atoms with E-state index in [4.69, 9.17) is 18.9 Å². The summed E-state index contributed by atoms with van der Waals surface area (Å²) in [6.45, 7) is 3.13. The van der Waals surface area contributed by atoms with Crippen LogP contribution in [0.1, 0.15) is 245 Å². The number of nitrogens with one attached hydrogen (secondary N) is 1. The molecule has 0 aromatic heterocycles. The van der Waals surface area contributed by atoms with Gasteiger partial charge in [0, 0.05) is 6.42 Å². The van der Waals surface area contributed by atoms with E-state index in [1.165, 1.54) is 167 Å². The molecule has 0 aromatic carbocycles. The summed E-state index contributed by atoms with van der Waals surface area (Å²) in [6, 6.07) is -0.821. The zero-order valence-electron chi connectivity index (χ0n) is 43.1. The number of hydrogen-bond acceptors (Lipinski definition) is 13. The smallest absolute Gasteiger partial charge is 0.220 e. The minimum Gasteiger partial charge on any atom is -0.394 e. The van der Waals surface area contributed by atoms with Crippen LogP contribution in [0.15, 0.2) is 0 Å². The van der Waals surface area contributed by atoms with E-state index in [0.29, 0.717) is 12.8 Å². The summed E-state index contributed by atoms with van der Waals surface area (Å²) >= 11 is 0. The molecule has 0 radical (unpaired) electrons. The van der Waals surface area contributed by atoms with Crippen molar-refractivity contribution in [1.82, 2.24) is 5.32 Å². The number of carbonyl (C=O) groups excluding carboxylic acids is 1. The second-order valence-corrected chi connectivity index (χ2v) is 20.5. The molecule has 2 saturated heterocycles. The lowest BCUT2D eigenvalue weighted by Gasteiger charge is -2.43. The van der Waals surface area contributed by atoms with Crippen LogP contribution in [0.25, 0.3) is 0 Å². The highest BCUT2D eigenvalue weighted by Gasteiger charge is 2.47. The average molecular weight is 976 g/mol. The SMILES string of the molecule is CCCCCCCCCCCCCCCCCCCCCCCC(=O)N[C@@H](CO[C@H]1O[C@H](CO[C@@H]2O[C@H](CO)[C@H](O)[C@H](O)[C@H]2O)[C@H](O)[C@H](O)[C@H]1O)[C@H](O)CCCCCCCCCCCCCCC. The van der Waals surface area contributed by atoms with Gasteiger partial charge in [-0.1, -0.05) is 226 Å². The zero-order valence-corrected chi connectivity index (χ0v) is 43.1. The van der Waals surface area contributed by atoms with Gasteiger partial charge in [-0.3, -0.25) is 4.79 Å². The Labute approximate surface area is 413 Å². The monoisotopic (exact) mass is 976 g/mol. The summed E-state index contributed by atoms with van der Waals surface area (Å²) in [5.74, 6) is -0.202. The molecule has 68 heavy (non-hydrogen) atoms. The molecule has 12 atom stereocenters. The molecule has 9 N–H and O–H groups in total. The molecule has 2 aliphatic heterocycles. The average Bonchev–Trinajstić information content (AvgIpc) is 3.33. The van der Waals surface area contributed by atoms with Gasteiger partial charge in [0.25, 0.3) is 0 Å². The van der Waals surface area contributed by atoms with Crippen molar-refractivity contribution >= 4 is 5.91 Å². The van der Waals surface area contributed by atoms with Gasteiger partial charge in [-0.25, -0.2) is 0 Å². The molecular formula is C54H105NO13. The highest BCUT2D eigenvalue weighted by molar-refractivity contribution is 5.76. The van der Waals surface area contributed by atoms with E-state index in [-0.39, 0.29) is 12.5 Å². The van der Waals surface area contributed by atoms with Crippen LogP contribution in [0.2, 0.25) is 0 Å². The van der Waals surface area contributed by atoms with E-state index < -0.39 is 86.8 Å². The summed E-state index contributed by atoms with van der Waals surface area (Å²) in [5, 5.41) is 86.7. The number of unbranched alkanes of at least 4 members (excludes halogenated alkanes) is 32. The van der Waals surface area contributed by atoms with Crippen LogP contribution in [0, 0.1) is 0 Å². The van der Waals surface area contributed by atoms with E-state index >= 15 is 0 Å².